The normalized spacial score (nSPS) is 14.6. The Balaban J connectivity index is 2.11. The van der Waals surface area contributed by atoms with Crippen molar-refractivity contribution in [1.29, 1.82) is 0 Å². The van der Waals surface area contributed by atoms with Gasteiger partial charge in [-0.15, -0.1) is 0 Å². The van der Waals surface area contributed by atoms with E-state index in [0.717, 1.165) is 11.3 Å². The number of aromatic hydroxyl groups is 2. The largest absolute Gasteiger partial charge is 0.504 e. The second kappa shape index (κ2) is 6.74. The number of hydrogen-bond donors (Lipinski definition) is 2. The highest BCUT2D eigenvalue weighted by molar-refractivity contribution is 6.12. The Labute approximate surface area is 168 Å². The Morgan fingerprint density at radius 3 is 1.86 bits per heavy atom. The molecule has 0 unspecified atom stereocenters. The third-order valence-electron chi connectivity index (χ3n) is 5.52. The molecule has 0 fully saturated rings. The van der Waals surface area contributed by atoms with Crippen molar-refractivity contribution in [2.24, 2.45) is 0 Å². The van der Waals surface area contributed by atoms with Crippen LogP contribution < -0.4 is 14.4 Å². The summed E-state index contributed by atoms with van der Waals surface area (Å²) in [5.41, 5.74) is 1.68. The second-order valence-electron chi connectivity index (χ2n) is 6.90. The number of rotatable bonds is 4. The first-order valence-corrected chi connectivity index (χ1v) is 9.07. The van der Waals surface area contributed by atoms with Crippen LogP contribution in [0, 0.1) is 0 Å². The van der Waals surface area contributed by atoms with Crippen LogP contribution in [0.5, 0.6) is 23.0 Å². The van der Waals surface area contributed by atoms with Gasteiger partial charge in [0.2, 0.25) is 5.91 Å². The van der Waals surface area contributed by atoms with Gasteiger partial charge in [-0.1, -0.05) is 30.3 Å². The molecule has 29 heavy (non-hydrogen) atoms. The predicted molar refractivity (Wildman–Crippen MR) is 109 cm³/mol. The van der Waals surface area contributed by atoms with E-state index in [9.17, 15) is 15.0 Å². The second-order valence-corrected chi connectivity index (χ2v) is 6.90. The average Bonchev–Trinajstić information content (AvgIpc) is 2.97. The number of para-hydroxylation sites is 1. The summed E-state index contributed by atoms with van der Waals surface area (Å²) in [6.45, 7) is 0. The molecule has 0 aliphatic carbocycles. The van der Waals surface area contributed by atoms with Gasteiger partial charge in [0.15, 0.2) is 23.0 Å². The van der Waals surface area contributed by atoms with Crippen molar-refractivity contribution in [1.82, 2.24) is 0 Å². The molecule has 6 nitrogen and oxygen atoms in total. The predicted octanol–water partition coefficient (Wildman–Crippen LogP) is 3.43. The van der Waals surface area contributed by atoms with Gasteiger partial charge in [0, 0.05) is 18.3 Å². The minimum absolute atomic E-state index is 0.0122. The molecule has 0 spiro atoms. The van der Waals surface area contributed by atoms with Crippen LogP contribution in [-0.4, -0.2) is 37.4 Å². The van der Waals surface area contributed by atoms with Gasteiger partial charge in [0.1, 0.15) is 5.41 Å². The van der Waals surface area contributed by atoms with Gasteiger partial charge in [-0.25, -0.2) is 0 Å². The van der Waals surface area contributed by atoms with Crippen molar-refractivity contribution in [2.75, 3.05) is 26.2 Å². The Bertz CT molecular complexity index is 1050. The first-order valence-electron chi connectivity index (χ1n) is 9.07. The van der Waals surface area contributed by atoms with E-state index in [-0.39, 0.29) is 28.9 Å². The number of ether oxygens (including phenoxy) is 2. The average molecular weight is 391 g/mol. The van der Waals surface area contributed by atoms with Crippen LogP contribution >= 0.6 is 0 Å². The zero-order valence-electron chi connectivity index (χ0n) is 16.3. The summed E-state index contributed by atoms with van der Waals surface area (Å²) in [5.74, 6) is 0.364. The first kappa shape index (κ1) is 18.7. The number of carbonyl (C=O) groups excluding carboxylic acids is 1. The van der Waals surface area contributed by atoms with Crippen LogP contribution in [0.15, 0.2) is 60.7 Å². The maximum absolute atomic E-state index is 13.8. The summed E-state index contributed by atoms with van der Waals surface area (Å²) in [6.07, 6.45) is 0. The smallest absolute Gasteiger partial charge is 0.246 e. The van der Waals surface area contributed by atoms with E-state index in [1.54, 1.807) is 36.2 Å². The molecule has 0 aromatic heterocycles. The molecule has 4 rings (SSSR count). The van der Waals surface area contributed by atoms with Gasteiger partial charge < -0.3 is 24.6 Å². The highest BCUT2D eigenvalue weighted by atomic mass is 16.5. The molecule has 0 bridgehead atoms. The Morgan fingerprint density at radius 2 is 1.34 bits per heavy atom. The number of anilines is 1. The lowest BCUT2D eigenvalue weighted by molar-refractivity contribution is -0.120. The number of amides is 1. The van der Waals surface area contributed by atoms with Crippen LogP contribution in [0.4, 0.5) is 5.69 Å². The van der Waals surface area contributed by atoms with Crippen molar-refractivity contribution >= 4 is 11.6 Å². The highest BCUT2D eigenvalue weighted by Gasteiger charge is 2.52. The number of benzene rings is 3. The van der Waals surface area contributed by atoms with Crippen molar-refractivity contribution in [2.45, 2.75) is 5.41 Å². The third-order valence-corrected chi connectivity index (χ3v) is 5.52. The van der Waals surface area contributed by atoms with Gasteiger partial charge in [0.25, 0.3) is 0 Å². The minimum Gasteiger partial charge on any atom is -0.504 e. The fourth-order valence-electron chi connectivity index (χ4n) is 4.11. The monoisotopic (exact) mass is 391 g/mol. The molecular weight excluding hydrogens is 370 g/mol. The van der Waals surface area contributed by atoms with Crippen molar-refractivity contribution in [3.63, 3.8) is 0 Å². The van der Waals surface area contributed by atoms with Crippen molar-refractivity contribution in [3.05, 3.63) is 77.4 Å². The van der Waals surface area contributed by atoms with Crippen LogP contribution in [0.1, 0.15) is 16.7 Å². The maximum Gasteiger partial charge on any atom is 0.246 e. The van der Waals surface area contributed by atoms with Crippen LogP contribution in [0.25, 0.3) is 0 Å². The number of phenolic OH excluding ortho intramolecular Hbond substituents is 2. The quantitative estimate of drug-likeness (QED) is 0.712. The fraction of sp³-hybridized carbons (Fsp3) is 0.174. The molecule has 148 valence electrons. The zero-order valence-corrected chi connectivity index (χ0v) is 16.3. The molecule has 1 aliphatic heterocycles. The standard InChI is InChI=1S/C23H21NO5/c1-24-17-7-5-4-6-16(17)23(22(24)27,14-8-10-18(25)20(12-14)28-2)15-9-11-19(26)21(13-15)29-3/h4-13,25-26H,1-3H3. The SMILES string of the molecule is COc1cc(C2(c3ccc(O)c(OC)c3)C(=O)N(C)c3ccccc32)ccc1O. The Hall–Kier alpha value is -3.67. The van der Waals surface area contributed by atoms with E-state index in [1.165, 1.54) is 26.4 Å². The lowest BCUT2D eigenvalue weighted by Gasteiger charge is -2.30. The van der Waals surface area contributed by atoms with Crippen molar-refractivity contribution < 1.29 is 24.5 Å². The van der Waals surface area contributed by atoms with Gasteiger partial charge >= 0.3 is 0 Å². The Kier molecular flexibility index (Phi) is 4.34. The van der Waals surface area contributed by atoms with Gasteiger partial charge in [-0.3, -0.25) is 4.79 Å². The van der Waals surface area contributed by atoms with Crippen molar-refractivity contribution in [3.8, 4) is 23.0 Å². The highest BCUT2D eigenvalue weighted by Crippen LogP contribution is 2.52. The van der Waals surface area contributed by atoms with E-state index < -0.39 is 5.41 Å². The molecule has 1 amide bonds. The lowest BCUT2D eigenvalue weighted by atomic mass is 9.70. The van der Waals surface area contributed by atoms with Crippen LogP contribution in [-0.2, 0) is 10.2 Å². The first-order chi connectivity index (χ1) is 13.9. The van der Waals surface area contributed by atoms with E-state index in [2.05, 4.69) is 0 Å². The number of nitrogens with zero attached hydrogens (tertiary/aromatic N) is 1. The molecule has 2 N–H and O–H groups in total. The number of hydrogen-bond acceptors (Lipinski definition) is 5. The molecule has 6 heteroatoms. The molecular formula is C23H21NO5. The van der Waals surface area contributed by atoms with E-state index in [1.807, 2.05) is 24.3 Å². The third kappa shape index (κ3) is 2.52. The molecule has 1 aliphatic rings. The van der Waals surface area contributed by atoms with Crippen LogP contribution in [0.3, 0.4) is 0 Å². The van der Waals surface area contributed by atoms with Gasteiger partial charge in [0.05, 0.1) is 14.2 Å². The van der Waals surface area contributed by atoms with E-state index in [4.69, 9.17) is 9.47 Å². The van der Waals surface area contributed by atoms with E-state index in [0.29, 0.717) is 11.1 Å². The van der Waals surface area contributed by atoms with Crippen LogP contribution in [0.2, 0.25) is 0 Å². The summed E-state index contributed by atoms with van der Waals surface area (Å²) in [6, 6.07) is 17.4. The zero-order chi connectivity index (χ0) is 20.8. The summed E-state index contributed by atoms with van der Waals surface area (Å²) in [5, 5.41) is 20.2. The molecule has 0 radical (unpaired) electrons. The van der Waals surface area contributed by atoms with Gasteiger partial charge in [-0.2, -0.15) is 0 Å². The van der Waals surface area contributed by atoms with Gasteiger partial charge in [-0.05, 0) is 41.5 Å². The number of fused-ring (bicyclic) bond motifs is 1. The fourth-order valence-corrected chi connectivity index (χ4v) is 4.11. The summed E-state index contributed by atoms with van der Waals surface area (Å²) in [7, 11) is 4.66. The molecule has 3 aromatic carbocycles. The maximum atomic E-state index is 13.8. The number of methoxy groups -OCH3 is 2. The number of phenols is 2. The summed E-state index contributed by atoms with van der Waals surface area (Å²) < 4.78 is 10.6. The molecule has 0 atom stereocenters. The lowest BCUT2D eigenvalue weighted by Crippen LogP contribution is -2.40. The number of carbonyl (C=O) groups is 1. The molecule has 3 aromatic rings. The molecule has 1 heterocycles. The number of likely N-dealkylation sites (N-methyl/N-ethyl adjacent to an activating group) is 1. The molecule has 0 saturated heterocycles. The molecule has 0 saturated carbocycles. The van der Waals surface area contributed by atoms with E-state index >= 15 is 0 Å². The summed E-state index contributed by atoms with van der Waals surface area (Å²) >= 11 is 0. The topological polar surface area (TPSA) is 79.2 Å². The minimum atomic E-state index is -1.19. The Morgan fingerprint density at radius 1 is 0.828 bits per heavy atom. The summed E-state index contributed by atoms with van der Waals surface area (Å²) in [4.78, 5) is 15.4.